The molecule has 0 fully saturated rings. The van der Waals surface area contributed by atoms with Crippen LogP contribution >= 0.6 is 11.6 Å². The third-order valence-corrected chi connectivity index (χ3v) is 2.99. The second kappa shape index (κ2) is 6.85. The van der Waals surface area contributed by atoms with Gasteiger partial charge in [0.25, 0.3) is 0 Å². The zero-order valence-electron chi connectivity index (χ0n) is 11.0. The number of hydrogen-bond acceptors (Lipinski definition) is 4. The van der Waals surface area contributed by atoms with Crippen LogP contribution in [0.2, 0.25) is 5.02 Å². The molecule has 108 valence electrons. The Kier molecular flexibility index (Phi) is 4.90. The van der Waals surface area contributed by atoms with E-state index in [2.05, 4.69) is 0 Å². The molecule has 21 heavy (non-hydrogen) atoms. The predicted molar refractivity (Wildman–Crippen MR) is 78.8 cm³/mol. The maximum absolute atomic E-state index is 11.8. The molecule has 0 saturated heterocycles. The number of Topliss-reactive ketones (excluding diaryl/α,β-unsaturated/α-hetero) is 1. The number of nitrogens with zero attached hydrogens (tertiary/aromatic N) is 1. The summed E-state index contributed by atoms with van der Waals surface area (Å²) in [5, 5.41) is 11.1. The third kappa shape index (κ3) is 4.29. The van der Waals surface area contributed by atoms with Gasteiger partial charge < -0.3 is 4.74 Å². The molecule has 6 heteroatoms. The summed E-state index contributed by atoms with van der Waals surface area (Å²) in [6, 6.07) is 13.3. The van der Waals surface area contributed by atoms with Crippen LogP contribution in [0.3, 0.4) is 0 Å². The number of carbonyl (C=O) groups is 1. The van der Waals surface area contributed by atoms with Crippen molar-refractivity contribution in [2.45, 2.75) is 6.42 Å². The molecule has 0 aromatic heterocycles. The summed E-state index contributed by atoms with van der Waals surface area (Å²) >= 11 is 5.70. The van der Waals surface area contributed by atoms with E-state index in [4.69, 9.17) is 16.3 Å². The lowest BCUT2D eigenvalue weighted by molar-refractivity contribution is -0.385. The van der Waals surface area contributed by atoms with Gasteiger partial charge in [0.2, 0.25) is 0 Å². The summed E-state index contributed by atoms with van der Waals surface area (Å²) in [5.41, 5.74) is 0.617. The van der Waals surface area contributed by atoms with Gasteiger partial charge in [0.05, 0.1) is 4.92 Å². The van der Waals surface area contributed by atoms with Crippen LogP contribution in [-0.2, 0) is 11.2 Å². The van der Waals surface area contributed by atoms with E-state index in [-0.39, 0.29) is 35.3 Å². The first kappa shape index (κ1) is 15.0. The van der Waals surface area contributed by atoms with Crippen molar-refractivity contribution in [2.24, 2.45) is 0 Å². The van der Waals surface area contributed by atoms with Gasteiger partial charge >= 0.3 is 5.69 Å². The van der Waals surface area contributed by atoms with Gasteiger partial charge in [-0.25, -0.2) is 0 Å². The Labute approximate surface area is 126 Å². The van der Waals surface area contributed by atoms with Crippen molar-refractivity contribution in [2.75, 3.05) is 6.61 Å². The fourth-order valence-electron chi connectivity index (χ4n) is 1.79. The molecule has 2 aromatic carbocycles. The lowest BCUT2D eigenvalue weighted by atomic mass is 10.1. The fraction of sp³-hybridized carbons (Fsp3) is 0.133. The molecule has 0 amide bonds. The summed E-state index contributed by atoms with van der Waals surface area (Å²) < 4.78 is 5.24. The zero-order chi connectivity index (χ0) is 15.2. The van der Waals surface area contributed by atoms with Gasteiger partial charge in [-0.2, -0.15) is 0 Å². The molecule has 0 unspecified atom stereocenters. The molecule has 0 N–H and O–H groups in total. The van der Waals surface area contributed by atoms with E-state index in [1.807, 2.05) is 30.3 Å². The molecule has 0 aliphatic carbocycles. The molecular weight excluding hydrogens is 294 g/mol. The van der Waals surface area contributed by atoms with Crippen LogP contribution in [0.4, 0.5) is 5.69 Å². The summed E-state index contributed by atoms with van der Waals surface area (Å²) in [4.78, 5) is 22.1. The molecule has 0 aliphatic heterocycles. The van der Waals surface area contributed by atoms with E-state index in [9.17, 15) is 14.9 Å². The van der Waals surface area contributed by atoms with E-state index in [1.165, 1.54) is 18.2 Å². The zero-order valence-corrected chi connectivity index (χ0v) is 11.7. The Morgan fingerprint density at radius 3 is 2.57 bits per heavy atom. The van der Waals surface area contributed by atoms with E-state index in [1.54, 1.807) is 0 Å². The molecule has 0 bridgehead atoms. The SMILES string of the molecule is O=C(COc1ccc(Cl)cc1[N+](=O)[O-])Cc1ccccc1. The van der Waals surface area contributed by atoms with Gasteiger partial charge in [-0.1, -0.05) is 41.9 Å². The maximum Gasteiger partial charge on any atom is 0.312 e. The number of rotatable bonds is 6. The Morgan fingerprint density at radius 2 is 1.90 bits per heavy atom. The highest BCUT2D eigenvalue weighted by atomic mass is 35.5. The van der Waals surface area contributed by atoms with Crippen molar-refractivity contribution in [3.63, 3.8) is 0 Å². The number of nitro groups is 1. The first-order valence-electron chi connectivity index (χ1n) is 6.18. The number of carbonyl (C=O) groups excluding carboxylic acids is 1. The lowest BCUT2D eigenvalue weighted by Gasteiger charge is -2.06. The number of benzene rings is 2. The van der Waals surface area contributed by atoms with Gasteiger partial charge in [-0.05, 0) is 17.7 Å². The molecule has 0 aliphatic rings. The standard InChI is InChI=1S/C15H12ClNO4/c16-12-6-7-15(14(9-12)17(19)20)21-10-13(18)8-11-4-2-1-3-5-11/h1-7,9H,8,10H2. The van der Waals surface area contributed by atoms with Crippen LogP contribution < -0.4 is 4.74 Å². The second-order valence-electron chi connectivity index (χ2n) is 4.36. The number of hydrogen-bond donors (Lipinski definition) is 0. The van der Waals surface area contributed by atoms with Crippen molar-refractivity contribution in [1.29, 1.82) is 0 Å². The minimum Gasteiger partial charge on any atom is -0.479 e. The van der Waals surface area contributed by atoms with Crippen LogP contribution in [0.15, 0.2) is 48.5 Å². The normalized spacial score (nSPS) is 10.1. The average molecular weight is 306 g/mol. The molecule has 0 saturated carbocycles. The molecule has 2 rings (SSSR count). The number of ether oxygens (including phenoxy) is 1. The smallest absolute Gasteiger partial charge is 0.312 e. The van der Waals surface area contributed by atoms with Crippen molar-refractivity contribution in [3.8, 4) is 5.75 Å². The van der Waals surface area contributed by atoms with Gasteiger partial charge in [0, 0.05) is 17.5 Å². The Bertz CT molecular complexity index is 658. The van der Waals surface area contributed by atoms with E-state index < -0.39 is 4.92 Å². The van der Waals surface area contributed by atoms with Gasteiger partial charge in [0.15, 0.2) is 11.5 Å². The maximum atomic E-state index is 11.8. The molecule has 2 aromatic rings. The van der Waals surface area contributed by atoms with Crippen molar-refractivity contribution in [1.82, 2.24) is 0 Å². The molecule has 0 radical (unpaired) electrons. The fourth-order valence-corrected chi connectivity index (χ4v) is 1.95. The highest BCUT2D eigenvalue weighted by Crippen LogP contribution is 2.29. The van der Waals surface area contributed by atoms with Crippen LogP contribution in [0.25, 0.3) is 0 Å². The van der Waals surface area contributed by atoms with Crippen LogP contribution in [0.1, 0.15) is 5.56 Å². The van der Waals surface area contributed by atoms with Crippen molar-refractivity contribution in [3.05, 3.63) is 69.2 Å². The highest BCUT2D eigenvalue weighted by Gasteiger charge is 2.16. The summed E-state index contributed by atoms with van der Waals surface area (Å²) in [7, 11) is 0. The second-order valence-corrected chi connectivity index (χ2v) is 4.80. The summed E-state index contributed by atoms with van der Waals surface area (Å²) in [6.45, 7) is -0.225. The largest absolute Gasteiger partial charge is 0.479 e. The van der Waals surface area contributed by atoms with Crippen LogP contribution in [0, 0.1) is 10.1 Å². The average Bonchev–Trinajstić information content (AvgIpc) is 2.47. The topological polar surface area (TPSA) is 69.4 Å². The van der Waals surface area contributed by atoms with Gasteiger partial charge in [-0.3, -0.25) is 14.9 Å². The van der Waals surface area contributed by atoms with E-state index in [0.717, 1.165) is 5.56 Å². The molecule has 5 nitrogen and oxygen atoms in total. The minimum atomic E-state index is -0.594. The molecule has 0 atom stereocenters. The molecular formula is C15H12ClNO4. The van der Waals surface area contributed by atoms with Crippen LogP contribution in [0.5, 0.6) is 5.75 Å². The third-order valence-electron chi connectivity index (χ3n) is 2.75. The van der Waals surface area contributed by atoms with Crippen molar-refractivity contribution >= 4 is 23.1 Å². The predicted octanol–water partition coefficient (Wildman–Crippen LogP) is 3.44. The monoisotopic (exact) mass is 305 g/mol. The first-order chi connectivity index (χ1) is 10.1. The number of nitro benzene ring substituents is 1. The van der Waals surface area contributed by atoms with Crippen LogP contribution in [-0.4, -0.2) is 17.3 Å². The van der Waals surface area contributed by atoms with Gasteiger partial charge in [0.1, 0.15) is 6.61 Å². The summed E-state index contributed by atoms with van der Waals surface area (Å²) in [5.74, 6) is -0.128. The highest BCUT2D eigenvalue weighted by molar-refractivity contribution is 6.30. The van der Waals surface area contributed by atoms with E-state index in [0.29, 0.717) is 0 Å². The quantitative estimate of drug-likeness (QED) is 0.605. The van der Waals surface area contributed by atoms with E-state index >= 15 is 0 Å². The first-order valence-corrected chi connectivity index (χ1v) is 6.56. The Morgan fingerprint density at radius 1 is 1.19 bits per heavy atom. The molecule has 0 spiro atoms. The summed E-state index contributed by atoms with van der Waals surface area (Å²) in [6.07, 6.45) is 0.224. The van der Waals surface area contributed by atoms with Gasteiger partial charge in [-0.15, -0.1) is 0 Å². The number of ketones is 1. The molecule has 0 heterocycles. The Balaban J connectivity index is 2.00. The van der Waals surface area contributed by atoms with Crippen molar-refractivity contribution < 1.29 is 14.5 Å². The minimum absolute atomic E-state index is 0.0332. The Hall–Kier alpha value is -2.40. The number of halogens is 1. The lowest BCUT2D eigenvalue weighted by Crippen LogP contribution is -2.14.